The summed E-state index contributed by atoms with van der Waals surface area (Å²) in [4.78, 5) is 14.9. The zero-order chi connectivity index (χ0) is 21.3. The van der Waals surface area contributed by atoms with Crippen molar-refractivity contribution in [1.82, 2.24) is 0 Å². The van der Waals surface area contributed by atoms with Crippen molar-refractivity contribution < 1.29 is 13.9 Å². The molecule has 0 unspecified atom stereocenters. The lowest BCUT2D eigenvalue weighted by molar-refractivity contribution is -0.113. The van der Waals surface area contributed by atoms with Crippen LogP contribution in [-0.4, -0.2) is 16.8 Å². The van der Waals surface area contributed by atoms with E-state index in [2.05, 4.69) is 0 Å². The SMILES string of the molecule is CCOc1ccc(N2C(=O)C(=Cc3ccc(-c4cc(Cl)ccc4Cl)o3)SC2=S)cc1. The fourth-order valence-electron chi connectivity index (χ4n) is 2.94. The quantitative estimate of drug-likeness (QED) is 0.291. The summed E-state index contributed by atoms with van der Waals surface area (Å²) in [7, 11) is 0. The Hall–Kier alpha value is -2.25. The zero-order valence-corrected chi connectivity index (χ0v) is 18.9. The molecule has 0 N–H and O–H groups in total. The van der Waals surface area contributed by atoms with Gasteiger partial charge in [0.1, 0.15) is 17.3 Å². The normalized spacial score (nSPS) is 15.3. The molecular weight excluding hydrogens is 461 g/mol. The largest absolute Gasteiger partial charge is 0.494 e. The topological polar surface area (TPSA) is 42.7 Å². The Balaban J connectivity index is 1.58. The highest BCUT2D eigenvalue weighted by molar-refractivity contribution is 8.27. The van der Waals surface area contributed by atoms with Crippen LogP contribution in [0, 0.1) is 0 Å². The van der Waals surface area contributed by atoms with Crippen LogP contribution in [0.2, 0.25) is 10.0 Å². The third kappa shape index (κ3) is 4.27. The number of thiocarbonyl (C=S) groups is 1. The number of anilines is 1. The minimum atomic E-state index is -0.201. The first-order valence-corrected chi connectivity index (χ1v) is 11.0. The van der Waals surface area contributed by atoms with Gasteiger partial charge in [0.2, 0.25) is 0 Å². The van der Waals surface area contributed by atoms with Gasteiger partial charge >= 0.3 is 0 Å². The van der Waals surface area contributed by atoms with Gasteiger partial charge in [0.15, 0.2) is 4.32 Å². The van der Waals surface area contributed by atoms with Gasteiger partial charge in [-0.05, 0) is 61.5 Å². The molecule has 4 rings (SSSR count). The Kier molecular flexibility index (Phi) is 6.20. The van der Waals surface area contributed by atoms with Gasteiger partial charge in [-0.25, -0.2) is 0 Å². The molecule has 1 saturated heterocycles. The molecule has 2 heterocycles. The Morgan fingerprint density at radius 3 is 2.63 bits per heavy atom. The molecule has 2 aromatic carbocycles. The lowest BCUT2D eigenvalue weighted by atomic mass is 10.2. The smallest absolute Gasteiger partial charge is 0.270 e. The van der Waals surface area contributed by atoms with Gasteiger partial charge in [0.25, 0.3) is 5.91 Å². The van der Waals surface area contributed by atoms with Crippen molar-refractivity contribution in [2.75, 3.05) is 11.5 Å². The van der Waals surface area contributed by atoms with Crippen LogP contribution < -0.4 is 9.64 Å². The highest BCUT2D eigenvalue weighted by Gasteiger charge is 2.33. The van der Waals surface area contributed by atoms with Gasteiger partial charge < -0.3 is 9.15 Å². The minimum Gasteiger partial charge on any atom is -0.494 e. The maximum atomic E-state index is 12.9. The van der Waals surface area contributed by atoms with E-state index in [9.17, 15) is 4.79 Å². The number of benzene rings is 2. The van der Waals surface area contributed by atoms with Crippen LogP contribution in [0.5, 0.6) is 5.75 Å². The maximum absolute atomic E-state index is 12.9. The number of carbonyl (C=O) groups excluding carboxylic acids is 1. The van der Waals surface area contributed by atoms with Gasteiger partial charge in [-0.3, -0.25) is 9.69 Å². The third-order valence-electron chi connectivity index (χ3n) is 4.29. The van der Waals surface area contributed by atoms with Crippen molar-refractivity contribution in [3.8, 4) is 17.1 Å². The van der Waals surface area contributed by atoms with Crippen LogP contribution in [0.25, 0.3) is 17.4 Å². The standard InChI is InChI=1S/C22H15Cl2NO3S2/c1-2-27-15-6-4-14(5-7-15)25-21(26)20(30-22(25)29)12-16-8-10-19(28-16)17-11-13(23)3-9-18(17)24/h3-12H,2H2,1H3. The predicted molar refractivity (Wildman–Crippen MR) is 127 cm³/mol. The van der Waals surface area contributed by atoms with Crippen molar-refractivity contribution in [2.45, 2.75) is 6.92 Å². The summed E-state index contributed by atoms with van der Waals surface area (Å²) in [5.41, 5.74) is 1.38. The first kappa shape index (κ1) is 21.0. The van der Waals surface area contributed by atoms with Crippen LogP contribution in [-0.2, 0) is 4.79 Å². The molecule has 1 aromatic heterocycles. The molecule has 1 aliphatic heterocycles. The number of ether oxygens (including phenoxy) is 1. The van der Waals surface area contributed by atoms with Gasteiger partial charge in [-0.2, -0.15) is 0 Å². The summed E-state index contributed by atoms with van der Waals surface area (Å²) in [5, 5.41) is 1.09. The monoisotopic (exact) mass is 475 g/mol. The fraction of sp³-hybridized carbons (Fsp3) is 0.0909. The van der Waals surface area contributed by atoms with Gasteiger partial charge in [0.05, 0.1) is 22.2 Å². The maximum Gasteiger partial charge on any atom is 0.270 e. The van der Waals surface area contributed by atoms with Crippen LogP contribution in [0.1, 0.15) is 12.7 Å². The van der Waals surface area contributed by atoms with E-state index in [1.165, 1.54) is 16.7 Å². The second-order valence-electron chi connectivity index (χ2n) is 6.27. The molecule has 8 heteroatoms. The number of carbonyl (C=O) groups is 1. The highest BCUT2D eigenvalue weighted by Crippen LogP contribution is 2.38. The van der Waals surface area contributed by atoms with E-state index in [-0.39, 0.29) is 5.91 Å². The van der Waals surface area contributed by atoms with Crippen LogP contribution in [0.3, 0.4) is 0 Å². The van der Waals surface area contributed by atoms with E-state index >= 15 is 0 Å². The molecule has 0 aliphatic carbocycles. The van der Waals surface area contributed by atoms with E-state index in [1.807, 2.05) is 31.2 Å². The van der Waals surface area contributed by atoms with Crippen molar-refractivity contribution >= 4 is 69.2 Å². The third-order valence-corrected chi connectivity index (χ3v) is 6.16. The number of rotatable bonds is 5. The van der Waals surface area contributed by atoms with Crippen molar-refractivity contribution in [1.29, 1.82) is 0 Å². The summed E-state index contributed by atoms with van der Waals surface area (Å²) in [6.07, 6.45) is 1.68. The lowest BCUT2D eigenvalue weighted by Crippen LogP contribution is -2.27. The average Bonchev–Trinajstić information content (AvgIpc) is 3.29. The summed E-state index contributed by atoms with van der Waals surface area (Å²) in [6, 6.07) is 16.0. The Morgan fingerprint density at radius 1 is 1.13 bits per heavy atom. The van der Waals surface area contributed by atoms with Crippen LogP contribution in [0.4, 0.5) is 5.69 Å². The molecule has 0 atom stereocenters. The molecule has 1 amide bonds. The number of hydrogen-bond donors (Lipinski definition) is 0. The molecular formula is C22H15Cl2NO3S2. The van der Waals surface area contributed by atoms with Gasteiger partial charge in [-0.1, -0.05) is 47.2 Å². The summed E-state index contributed by atoms with van der Waals surface area (Å²) in [5.74, 6) is 1.63. The Bertz CT molecular complexity index is 1160. The molecule has 30 heavy (non-hydrogen) atoms. The molecule has 0 radical (unpaired) electrons. The van der Waals surface area contributed by atoms with E-state index in [0.717, 1.165) is 5.75 Å². The van der Waals surface area contributed by atoms with E-state index < -0.39 is 0 Å². The number of nitrogens with zero attached hydrogens (tertiary/aromatic N) is 1. The summed E-state index contributed by atoms with van der Waals surface area (Å²) in [6.45, 7) is 2.50. The molecule has 152 valence electrons. The number of furan rings is 1. The van der Waals surface area contributed by atoms with Gasteiger partial charge in [-0.15, -0.1) is 0 Å². The highest BCUT2D eigenvalue weighted by atomic mass is 35.5. The number of hydrogen-bond acceptors (Lipinski definition) is 5. The molecule has 3 aromatic rings. The molecule has 4 nitrogen and oxygen atoms in total. The summed E-state index contributed by atoms with van der Waals surface area (Å²) < 4.78 is 11.8. The lowest BCUT2D eigenvalue weighted by Gasteiger charge is -2.15. The van der Waals surface area contributed by atoms with E-state index in [0.29, 0.717) is 48.6 Å². The molecule has 0 spiro atoms. The molecule has 0 bridgehead atoms. The minimum absolute atomic E-state index is 0.201. The van der Waals surface area contributed by atoms with E-state index in [1.54, 1.807) is 36.4 Å². The van der Waals surface area contributed by atoms with E-state index in [4.69, 9.17) is 44.6 Å². The zero-order valence-electron chi connectivity index (χ0n) is 15.7. The molecule has 1 aliphatic rings. The average molecular weight is 476 g/mol. The second kappa shape index (κ2) is 8.86. The first-order valence-electron chi connectivity index (χ1n) is 9.02. The van der Waals surface area contributed by atoms with Crippen LogP contribution >= 0.6 is 47.2 Å². The van der Waals surface area contributed by atoms with Gasteiger partial charge in [0, 0.05) is 16.7 Å². The molecule has 1 fully saturated rings. The van der Waals surface area contributed by atoms with Crippen molar-refractivity contribution in [3.63, 3.8) is 0 Å². The second-order valence-corrected chi connectivity index (χ2v) is 8.79. The Labute approximate surface area is 193 Å². The van der Waals surface area contributed by atoms with Crippen molar-refractivity contribution in [2.24, 2.45) is 0 Å². The first-order chi connectivity index (χ1) is 14.5. The predicted octanol–water partition coefficient (Wildman–Crippen LogP) is 7.06. The number of halogens is 2. The summed E-state index contributed by atoms with van der Waals surface area (Å²) >= 11 is 19.0. The number of amides is 1. The number of thioether (sulfide) groups is 1. The Morgan fingerprint density at radius 2 is 1.90 bits per heavy atom. The van der Waals surface area contributed by atoms with Crippen LogP contribution in [0.15, 0.2) is 63.9 Å². The molecule has 0 saturated carbocycles. The fourth-order valence-corrected chi connectivity index (χ4v) is 4.60. The van der Waals surface area contributed by atoms with Crippen molar-refractivity contribution in [3.05, 3.63) is 75.3 Å².